The average molecular weight is 466 g/mol. The molecule has 2 aliphatic rings. The summed E-state index contributed by atoms with van der Waals surface area (Å²) in [5.41, 5.74) is 1.66. The molecule has 1 N–H and O–H groups in total. The van der Waals surface area contributed by atoms with Crippen molar-refractivity contribution in [3.63, 3.8) is 0 Å². The van der Waals surface area contributed by atoms with Gasteiger partial charge in [-0.1, -0.05) is 41.8 Å². The summed E-state index contributed by atoms with van der Waals surface area (Å²) in [6, 6.07) is 15.2. The zero-order chi connectivity index (χ0) is 23.5. The van der Waals surface area contributed by atoms with Crippen LogP contribution in [0.3, 0.4) is 0 Å². The number of urea groups is 1. The van der Waals surface area contributed by atoms with Gasteiger partial charge in [0.25, 0.3) is 15.9 Å². The van der Waals surface area contributed by atoms with Crippen LogP contribution in [0, 0.1) is 24.2 Å². The molecule has 4 rings (SSSR count). The predicted molar refractivity (Wildman–Crippen MR) is 125 cm³/mol. The molecule has 7 nitrogen and oxygen atoms in total. The van der Waals surface area contributed by atoms with Gasteiger partial charge in [0.15, 0.2) is 0 Å². The van der Waals surface area contributed by atoms with Crippen molar-refractivity contribution >= 4 is 22.0 Å². The zero-order valence-electron chi connectivity index (χ0n) is 18.6. The van der Waals surface area contributed by atoms with Crippen LogP contribution < -0.4 is 4.72 Å². The normalized spacial score (nSPS) is 17.4. The summed E-state index contributed by atoms with van der Waals surface area (Å²) in [4.78, 5) is 28.5. The van der Waals surface area contributed by atoms with E-state index >= 15 is 0 Å². The standard InChI is InChI=1S/C25H27N3O4S/c1-20-7-10-22(11-8-20)33(31,32)26-24(30)28-18-15-25(19-28)13-16-27(17-14-25)23(29)12-9-21-5-3-2-4-6-21/h2-8,10-11H,13-19H2,1H3,(H,26,30). The Morgan fingerprint density at radius 3 is 2.15 bits per heavy atom. The minimum atomic E-state index is -3.91. The van der Waals surface area contributed by atoms with Crippen LogP contribution in [0.4, 0.5) is 4.79 Å². The molecule has 0 radical (unpaired) electrons. The number of sulfonamides is 1. The van der Waals surface area contributed by atoms with Crippen molar-refractivity contribution in [2.45, 2.75) is 31.1 Å². The number of hydrogen-bond donors (Lipinski definition) is 1. The van der Waals surface area contributed by atoms with Gasteiger partial charge in [-0.2, -0.15) is 0 Å². The van der Waals surface area contributed by atoms with Crippen molar-refractivity contribution < 1.29 is 18.0 Å². The van der Waals surface area contributed by atoms with Crippen LogP contribution in [0.1, 0.15) is 30.4 Å². The Hall–Kier alpha value is -3.31. The summed E-state index contributed by atoms with van der Waals surface area (Å²) < 4.78 is 27.3. The Bertz CT molecular complexity index is 1190. The summed E-state index contributed by atoms with van der Waals surface area (Å²) in [7, 11) is -3.91. The van der Waals surface area contributed by atoms with E-state index in [0.717, 1.165) is 30.4 Å². The number of aryl methyl sites for hydroxylation is 1. The van der Waals surface area contributed by atoms with Gasteiger partial charge in [-0.15, -0.1) is 0 Å². The fourth-order valence-corrected chi connectivity index (χ4v) is 5.35. The molecule has 2 aliphatic heterocycles. The maximum Gasteiger partial charge on any atom is 0.331 e. The molecule has 2 aromatic rings. The third-order valence-electron chi connectivity index (χ3n) is 6.48. The van der Waals surface area contributed by atoms with Crippen LogP contribution in [-0.4, -0.2) is 56.3 Å². The first kappa shape index (κ1) is 22.9. The third kappa shape index (κ3) is 5.37. The average Bonchev–Trinajstić information content (AvgIpc) is 3.22. The van der Waals surface area contributed by atoms with Crippen molar-refractivity contribution in [2.24, 2.45) is 5.41 Å². The predicted octanol–water partition coefficient (Wildman–Crippen LogP) is 2.76. The monoisotopic (exact) mass is 465 g/mol. The minimum absolute atomic E-state index is 0.0683. The van der Waals surface area contributed by atoms with E-state index < -0.39 is 16.1 Å². The second-order valence-electron chi connectivity index (χ2n) is 8.80. The van der Waals surface area contributed by atoms with Gasteiger partial charge in [0.1, 0.15) is 0 Å². The van der Waals surface area contributed by atoms with Gasteiger partial charge in [-0.05, 0) is 55.9 Å². The van der Waals surface area contributed by atoms with E-state index in [9.17, 15) is 18.0 Å². The highest BCUT2D eigenvalue weighted by atomic mass is 32.2. The molecule has 33 heavy (non-hydrogen) atoms. The van der Waals surface area contributed by atoms with Crippen LogP contribution in [-0.2, 0) is 14.8 Å². The fourth-order valence-electron chi connectivity index (χ4n) is 4.38. The van der Waals surface area contributed by atoms with Crippen molar-refractivity contribution in [3.8, 4) is 11.8 Å². The number of likely N-dealkylation sites (tertiary alicyclic amines) is 2. The molecule has 2 saturated heterocycles. The van der Waals surface area contributed by atoms with Gasteiger partial charge < -0.3 is 9.80 Å². The number of carbonyl (C=O) groups is 2. The molecule has 0 atom stereocenters. The topological polar surface area (TPSA) is 86.8 Å². The number of carbonyl (C=O) groups excluding carboxylic acids is 2. The number of piperidine rings is 1. The molecular formula is C25H27N3O4S. The SMILES string of the molecule is Cc1ccc(S(=O)(=O)NC(=O)N2CCC3(CCN(C(=O)C#Cc4ccccc4)CC3)C2)cc1. The lowest BCUT2D eigenvalue weighted by Gasteiger charge is -2.38. The molecular weight excluding hydrogens is 438 g/mol. The van der Waals surface area contributed by atoms with Crippen LogP contribution >= 0.6 is 0 Å². The van der Waals surface area contributed by atoms with Gasteiger partial charge in [-0.25, -0.2) is 17.9 Å². The molecule has 2 aromatic carbocycles. The first-order chi connectivity index (χ1) is 15.8. The van der Waals surface area contributed by atoms with Crippen LogP contribution in [0.5, 0.6) is 0 Å². The Morgan fingerprint density at radius 1 is 0.909 bits per heavy atom. The van der Waals surface area contributed by atoms with Gasteiger partial charge in [0.05, 0.1) is 4.90 Å². The molecule has 172 valence electrons. The van der Waals surface area contributed by atoms with Crippen LogP contribution in [0.15, 0.2) is 59.5 Å². The summed E-state index contributed by atoms with van der Waals surface area (Å²) in [6.07, 6.45) is 2.32. The zero-order valence-corrected chi connectivity index (χ0v) is 19.4. The van der Waals surface area contributed by atoms with E-state index in [1.54, 1.807) is 21.9 Å². The second-order valence-corrected chi connectivity index (χ2v) is 10.5. The lowest BCUT2D eigenvalue weighted by molar-refractivity contribution is -0.127. The quantitative estimate of drug-likeness (QED) is 0.691. The molecule has 0 saturated carbocycles. The fraction of sp³-hybridized carbons (Fsp3) is 0.360. The highest BCUT2D eigenvalue weighted by Gasteiger charge is 2.43. The van der Waals surface area contributed by atoms with Crippen molar-refractivity contribution in [3.05, 3.63) is 65.7 Å². The highest BCUT2D eigenvalue weighted by molar-refractivity contribution is 7.90. The smallest absolute Gasteiger partial charge is 0.331 e. The van der Waals surface area contributed by atoms with E-state index in [1.165, 1.54) is 12.1 Å². The number of nitrogens with zero attached hydrogens (tertiary/aromatic N) is 2. The van der Waals surface area contributed by atoms with Gasteiger partial charge in [0, 0.05) is 37.7 Å². The maximum absolute atomic E-state index is 12.7. The van der Waals surface area contributed by atoms with Gasteiger partial charge in [-0.3, -0.25) is 4.79 Å². The van der Waals surface area contributed by atoms with E-state index in [-0.39, 0.29) is 16.2 Å². The minimum Gasteiger partial charge on any atom is -0.332 e. The number of hydrogen-bond acceptors (Lipinski definition) is 4. The van der Waals surface area contributed by atoms with E-state index in [2.05, 4.69) is 16.6 Å². The molecule has 2 fully saturated rings. The van der Waals surface area contributed by atoms with Crippen molar-refractivity contribution in [2.75, 3.05) is 26.2 Å². The van der Waals surface area contributed by atoms with E-state index in [1.807, 2.05) is 37.3 Å². The number of nitrogens with one attached hydrogen (secondary N) is 1. The number of benzene rings is 2. The Labute approximate surface area is 194 Å². The number of amides is 3. The maximum atomic E-state index is 12.7. The van der Waals surface area contributed by atoms with E-state index in [0.29, 0.717) is 26.2 Å². The van der Waals surface area contributed by atoms with Crippen LogP contribution in [0.2, 0.25) is 0 Å². The molecule has 0 bridgehead atoms. The second kappa shape index (κ2) is 9.28. The lowest BCUT2D eigenvalue weighted by Crippen LogP contribution is -2.46. The molecule has 3 amide bonds. The van der Waals surface area contributed by atoms with Gasteiger partial charge >= 0.3 is 6.03 Å². The van der Waals surface area contributed by atoms with Crippen LogP contribution in [0.25, 0.3) is 0 Å². The van der Waals surface area contributed by atoms with Gasteiger partial charge in [0.2, 0.25) is 0 Å². The molecule has 2 heterocycles. The largest absolute Gasteiger partial charge is 0.332 e. The van der Waals surface area contributed by atoms with E-state index in [4.69, 9.17) is 0 Å². The summed E-state index contributed by atoms with van der Waals surface area (Å²) >= 11 is 0. The Morgan fingerprint density at radius 2 is 1.52 bits per heavy atom. The first-order valence-corrected chi connectivity index (χ1v) is 12.5. The molecule has 0 aromatic heterocycles. The molecule has 1 spiro atoms. The lowest BCUT2D eigenvalue weighted by atomic mass is 9.78. The molecule has 8 heteroatoms. The Balaban J connectivity index is 1.31. The van der Waals surface area contributed by atoms with Crippen molar-refractivity contribution in [1.82, 2.24) is 14.5 Å². The highest BCUT2D eigenvalue weighted by Crippen LogP contribution is 2.40. The number of rotatable bonds is 2. The third-order valence-corrected chi connectivity index (χ3v) is 7.81. The molecule has 0 aliphatic carbocycles. The first-order valence-electron chi connectivity index (χ1n) is 11.0. The molecule has 0 unspecified atom stereocenters. The summed E-state index contributed by atoms with van der Waals surface area (Å²) in [5, 5.41) is 0. The Kier molecular flexibility index (Phi) is 6.43. The summed E-state index contributed by atoms with van der Waals surface area (Å²) in [6.45, 7) is 4.02. The summed E-state index contributed by atoms with van der Waals surface area (Å²) in [5.74, 6) is 5.43. The van der Waals surface area contributed by atoms with Crippen molar-refractivity contribution in [1.29, 1.82) is 0 Å².